The molecule has 0 saturated carbocycles. The van der Waals surface area contributed by atoms with E-state index in [-0.39, 0.29) is 11.5 Å². The fourth-order valence-corrected chi connectivity index (χ4v) is 5.26. The van der Waals surface area contributed by atoms with Gasteiger partial charge in [-0.15, -0.1) is 0 Å². The van der Waals surface area contributed by atoms with Gasteiger partial charge in [-0.2, -0.15) is 0 Å². The Labute approximate surface area is 145 Å². The van der Waals surface area contributed by atoms with E-state index in [1.165, 1.54) is 22.3 Å². The molecule has 0 aliphatic heterocycles. The van der Waals surface area contributed by atoms with Crippen LogP contribution in [0, 0.1) is 0 Å². The molecule has 2 aliphatic rings. The molecule has 0 N–H and O–H groups in total. The highest BCUT2D eigenvalue weighted by molar-refractivity contribution is 6.70. The standard InChI is InChI=1S/C21H24O2Si/c1-22-20-13-15(23-24(2,3)4)14-21(20)18-11-7-5-9-16(18)17-10-6-8-12-19(17)21/h5-13,20H,14H2,1-4H3. The average molecular weight is 337 g/mol. The molecule has 0 saturated heterocycles. The molecule has 0 fully saturated rings. The van der Waals surface area contributed by atoms with Crippen LogP contribution in [0.25, 0.3) is 11.1 Å². The maximum Gasteiger partial charge on any atom is 0.241 e. The SMILES string of the molecule is COC1C=C(O[Si](C)(C)C)CC12c1ccccc1-c1ccccc12. The van der Waals surface area contributed by atoms with E-state index in [4.69, 9.17) is 9.16 Å². The van der Waals surface area contributed by atoms with Crippen LogP contribution in [-0.4, -0.2) is 21.5 Å². The van der Waals surface area contributed by atoms with Crippen LogP contribution in [0.4, 0.5) is 0 Å². The van der Waals surface area contributed by atoms with Crippen LogP contribution in [-0.2, 0) is 14.6 Å². The third-order valence-electron chi connectivity index (χ3n) is 5.07. The molecule has 1 unspecified atom stereocenters. The van der Waals surface area contributed by atoms with Crippen molar-refractivity contribution >= 4 is 8.32 Å². The summed E-state index contributed by atoms with van der Waals surface area (Å²) < 4.78 is 12.3. The van der Waals surface area contributed by atoms with E-state index >= 15 is 0 Å². The number of rotatable bonds is 3. The van der Waals surface area contributed by atoms with Gasteiger partial charge in [0.25, 0.3) is 0 Å². The van der Waals surface area contributed by atoms with Gasteiger partial charge in [-0.3, -0.25) is 0 Å². The molecule has 0 heterocycles. The van der Waals surface area contributed by atoms with Gasteiger partial charge in [0.1, 0.15) is 0 Å². The van der Waals surface area contributed by atoms with Crippen molar-refractivity contribution in [2.75, 3.05) is 7.11 Å². The van der Waals surface area contributed by atoms with Gasteiger partial charge in [0.2, 0.25) is 8.32 Å². The van der Waals surface area contributed by atoms with Crippen molar-refractivity contribution in [1.29, 1.82) is 0 Å². The van der Waals surface area contributed by atoms with Crippen LogP contribution in [0.1, 0.15) is 17.5 Å². The molecule has 0 aromatic heterocycles. The van der Waals surface area contributed by atoms with Crippen molar-refractivity contribution in [1.82, 2.24) is 0 Å². The lowest BCUT2D eigenvalue weighted by Gasteiger charge is -2.33. The Kier molecular flexibility index (Phi) is 3.48. The van der Waals surface area contributed by atoms with Gasteiger partial charge in [0.05, 0.1) is 17.3 Å². The van der Waals surface area contributed by atoms with Crippen molar-refractivity contribution in [3.05, 3.63) is 71.5 Å². The van der Waals surface area contributed by atoms with E-state index < -0.39 is 8.32 Å². The van der Waals surface area contributed by atoms with Crippen molar-refractivity contribution in [3.63, 3.8) is 0 Å². The number of methoxy groups -OCH3 is 1. The van der Waals surface area contributed by atoms with Gasteiger partial charge in [-0.25, -0.2) is 0 Å². The minimum absolute atomic E-state index is 0.00801. The Balaban J connectivity index is 1.88. The van der Waals surface area contributed by atoms with Crippen molar-refractivity contribution in [2.45, 2.75) is 37.6 Å². The summed E-state index contributed by atoms with van der Waals surface area (Å²) in [6, 6.07) is 17.5. The van der Waals surface area contributed by atoms with Gasteiger partial charge < -0.3 is 9.16 Å². The number of fused-ring (bicyclic) bond motifs is 5. The molecule has 3 heteroatoms. The third-order valence-corrected chi connectivity index (χ3v) is 5.95. The minimum atomic E-state index is -1.64. The molecule has 1 spiro atoms. The lowest BCUT2D eigenvalue weighted by atomic mass is 9.74. The predicted molar refractivity (Wildman–Crippen MR) is 101 cm³/mol. The normalized spacial score (nSPS) is 20.7. The van der Waals surface area contributed by atoms with Crippen molar-refractivity contribution in [2.24, 2.45) is 0 Å². The first-order valence-corrected chi connectivity index (χ1v) is 12.0. The van der Waals surface area contributed by atoms with Gasteiger partial charge >= 0.3 is 0 Å². The van der Waals surface area contributed by atoms with Crippen LogP contribution in [0.3, 0.4) is 0 Å². The fraction of sp³-hybridized carbons (Fsp3) is 0.333. The Morgan fingerprint density at radius 3 is 1.96 bits per heavy atom. The summed E-state index contributed by atoms with van der Waals surface area (Å²) in [5, 5.41) is 0. The van der Waals surface area contributed by atoms with Crippen LogP contribution in [0.5, 0.6) is 0 Å². The summed E-state index contributed by atoms with van der Waals surface area (Å²) >= 11 is 0. The predicted octanol–water partition coefficient (Wildman–Crippen LogP) is 5.11. The van der Waals surface area contributed by atoms with Crippen LogP contribution in [0.15, 0.2) is 60.4 Å². The molecule has 4 rings (SSSR count). The van der Waals surface area contributed by atoms with Crippen LogP contribution >= 0.6 is 0 Å². The molecule has 1 atom stereocenters. The summed E-state index contributed by atoms with van der Waals surface area (Å²) in [6.07, 6.45) is 3.09. The molecule has 0 amide bonds. The lowest BCUT2D eigenvalue weighted by Crippen LogP contribution is -2.36. The Bertz CT molecular complexity index is 771. The summed E-state index contributed by atoms with van der Waals surface area (Å²) in [4.78, 5) is 0. The first-order chi connectivity index (χ1) is 11.5. The molecule has 2 aromatic carbocycles. The van der Waals surface area contributed by atoms with Gasteiger partial charge in [-0.05, 0) is 48.0 Å². The summed E-state index contributed by atoms with van der Waals surface area (Å²) in [5.41, 5.74) is 5.24. The number of hydrogen-bond acceptors (Lipinski definition) is 2. The topological polar surface area (TPSA) is 18.5 Å². The molecular weight excluding hydrogens is 312 g/mol. The van der Waals surface area contributed by atoms with Gasteiger partial charge in [0.15, 0.2) is 0 Å². The average Bonchev–Trinajstić information content (AvgIpc) is 3.04. The van der Waals surface area contributed by atoms with Crippen LogP contribution in [0.2, 0.25) is 19.6 Å². The zero-order valence-electron chi connectivity index (χ0n) is 14.8. The van der Waals surface area contributed by atoms with E-state index in [0.717, 1.165) is 12.2 Å². The summed E-state index contributed by atoms with van der Waals surface area (Å²) in [7, 11) is 0.170. The van der Waals surface area contributed by atoms with Crippen molar-refractivity contribution < 1.29 is 9.16 Å². The maximum absolute atomic E-state index is 6.37. The zero-order valence-corrected chi connectivity index (χ0v) is 15.8. The van der Waals surface area contributed by atoms with E-state index in [1.807, 2.05) is 7.11 Å². The first-order valence-electron chi connectivity index (χ1n) is 8.57. The van der Waals surface area contributed by atoms with E-state index in [0.29, 0.717) is 0 Å². The second-order valence-corrected chi connectivity index (χ2v) is 12.2. The summed E-state index contributed by atoms with van der Waals surface area (Å²) in [5.74, 6) is 1.09. The monoisotopic (exact) mass is 336 g/mol. The maximum atomic E-state index is 6.37. The number of benzene rings is 2. The molecule has 2 aliphatic carbocycles. The van der Waals surface area contributed by atoms with E-state index in [9.17, 15) is 0 Å². The Morgan fingerprint density at radius 1 is 0.917 bits per heavy atom. The molecular formula is C21H24O2Si. The highest BCUT2D eigenvalue weighted by Gasteiger charge is 2.52. The fourth-order valence-electron chi connectivity index (χ4n) is 4.33. The quantitative estimate of drug-likeness (QED) is 0.725. The minimum Gasteiger partial charge on any atom is -0.547 e. The second-order valence-electron chi connectivity index (χ2n) is 7.74. The van der Waals surface area contributed by atoms with E-state index in [1.54, 1.807) is 0 Å². The molecule has 24 heavy (non-hydrogen) atoms. The van der Waals surface area contributed by atoms with Crippen molar-refractivity contribution in [3.8, 4) is 11.1 Å². The summed E-state index contributed by atoms with van der Waals surface area (Å²) in [6.45, 7) is 6.70. The van der Waals surface area contributed by atoms with E-state index in [2.05, 4.69) is 74.2 Å². The Hall–Kier alpha value is -1.84. The lowest BCUT2D eigenvalue weighted by molar-refractivity contribution is 0.0956. The largest absolute Gasteiger partial charge is 0.547 e. The zero-order chi connectivity index (χ0) is 16.9. The second kappa shape index (κ2) is 5.33. The molecule has 0 bridgehead atoms. The first kappa shape index (κ1) is 15.7. The van der Waals surface area contributed by atoms with Gasteiger partial charge in [0, 0.05) is 13.5 Å². The number of ether oxygens (including phenoxy) is 1. The number of allylic oxidation sites excluding steroid dienone is 1. The molecule has 2 aromatic rings. The van der Waals surface area contributed by atoms with Gasteiger partial charge in [-0.1, -0.05) is 48.5 Å². The smallest absolute Gasteiger partial charge is 0.241 e. The Morgan fingerprint density at radius 2 is 1.46 bits per heavy atom. The van der Waals surface area contributed by atoms with Crippen LogP contribution < -0.4 is 0 Å². The molecule has 0 radical (unpaired) electrons. The third kappa shape index (κ3) is 2.19. The molecule has 124 valence electrons. The molecule has 2 nitrogen and oxygen atoms in total. The number of hydrogen-bond donors (Lipinski definition) is 0. The highest BCUT2D eigenvalue weighted by Crippen LogP contribution is 2.57. The highest BCUT2D eigenvalue weighted by atomic mass is 28.4.